The molecule has 0 saturated carbocycles. The zero-order valence-corrected chi connectivity index (χ0v) is 12.1. The maximum absolute atomic E-state index is 13.7. The number of nitrogens with zero attached hydrogens (tertiary/aromatic N) is 1. The van der Waals surface area contributed by atoms with E-state index in [0.29, 0.717) is 22.1 Å². The molecular weight excluding hydrogens is 295 g/mol. The third kappa shape index (κ3) is 3.64. The molecule has 0 saturated heterocycles. The fraction of sp³-hybridized carbons (Fsp3) is 0.133. The fourth-order valence-corrected chi connectivity index (χ4v) is 2.01. The van der Waals surface area contributed by atoms with E-state index >= 15 is 0 Å². The Kier molecular flexibility index (Phi) is 5.00. The van der Waals surface area contributed by atoms with Crippen LogP contribution in [0.3, 0.4) is 0 Å². The van der Waals surface area contributed by atoms with Crippen LogP contribution >= 0.6 is 11.6 Å². The normalized spacial score (nSPS) is 10.8. The monoisotopic (exact) mass is 308 g/mol. The third-order valence-electron chi connectivity index (χ3n) is 2.84. The van der Waals surface area contributed by atoms with Crippen molar-refractivity contribution >= 4 is 17.8 Å². The molecule has 0 radical (unpaired) electrons. The van der Waals surface area contributed by atoms with Gasteiger partial charge in [-0.3, -0.25) is 0 Å². The summed E-state index contributed by atoms with van der Waals surface area (Å²) in [5.41, 5.74) is 1.03. The fourth-order valence-electron chi connectivity index (χ4n) is 1.79. The predicted octanol–water partition coefficient (Wildman–Crippen LogP) is 3.36. The van der Waals surface area contributed by atoms with Crippen molar-refractivity contribution in [3.05, 3.63) is 58.4 Å². The maximum atomic E-state index is 13.7. The molecule has 2 aromatic carbocycles. The summed E-state index contributed by atoms with van der Waals surface area (Å²) in [4.78, 5) is 0. The second kappa shape index (κ2) is 6.95. The van der Waals surface area contributed by atoms with E-state index in [9.17, 15) is 4.39 Å². The highest BCUT2D eigenvalue weighted by molar-refractivity contribution is 6.31. The Bertz CT molecular complexity index is 642. The van der Waals surface area contributed by atoms with E-state index in [0.717, 1.165) is 5.56 Å². The molecule has 110 valence electrons. The van der Waals surface area contributed by atoms with Gasteiger partial charge in [-0.05, 0) is 35.9 Å². The molecule has 0 unspecified atom stereocenters. The van der Waals surface area contributed by atoms with Crippen molar-refractivity contribution in [2.24, 2.45) is 10.9 Å². The Morgan fingerprint density at radius 3 is 2.76 bits per heavy atom. The van der Waals surface area contributed by atoms with Crippen LogP contribution in [-0.4, -0.2) is 13.3 Å². The summed E-state index contributed by atoms with van der Waals surface area (Å²) in [6, 6.07) is 9.68. The van der Waals surface area contributed by atoms with Gasteiger partial charge in [-0.25, -0.2) is 4.39 Å². The number of benzene rings is 2. The minimum atomic E-state index is -0.416. The summed E-state index contributed by atoms with van der Waals surface area (Å²) in [6.45, 7) is -0.00884. The average molecular weight is 309 g/mol. The molecule has 0 aromatic heterocycles. The van der Waals surface area contributed by atoms with Gasteiger partial charge in [-0.15, -0.1) is 0 Å². The molecule has 6 heteroatoms. The highest BCUT2D eigenvalue weighted by atomic mass is 35.5. The second-order valence-corrected chi connectivity index (χ2v) is 4.58. The van der Waals surface area contributed by atoms with Crippen LogP contribution in [0.1, 0.15) is 11.1 Å². The van der Waals surface area contributed by atoms with Gasteiger partial charge in [0.25, 0.3) is 0 Å². The molecule has 2 aromatic rings. The molecule has 0 atom stereocenters. The van der Waals surface area contributed by atoms with Gasteiger partial charge in [0.05, 0.1) is 18.3 Å². The van der Waals surface area contributed by atoms with E-state index in [1.54, 1.807) is 30.3 Å². The summed E-state index contributed by atoms with van der Waals surface area (Å²) >= 11 is 5.96. The van der Waals surface area contributed by atoms with Gasteiger partial charge in [0.15, 0.2) is 11.5 Å². The van der Waals surface area contributed by atoms with Crippen molar-refractivity contribution in [3.63, 3.8) is 0 Å². The molecule has 0 bridgehead atoms. The van der Waals surface area contributed by atoms with E-state index in [2.05, 4.69) is 5.10 Å². The highest BCUT2D eigenvalue weighted by Crippen LogP contribution is 2.29. The largest absolute Gasteiger partial charge is 0.493 e. The SMILES string of the molecule is COc1ccc(C=NN)cc1OCc1c(F)cccc1Cl. The molecule has 2 rings (SSSR count). The van der Waals surface area contributed by atoms with E-state index < -0.39 is 5.82 Å². The van der Waals surface area contributed by atoms with E-state index in [-0.39, 0.29) is 6.61 Å². The lowest BCUT2D eigenvalue weighted by Crippen LogP contribution is -2.01. The van der Waals surface area contributed by atoms with Crippen molar-refractivity contribution < 1.29 is 13.9 Å². The molecule has 0 heterocycles. The quantitative estimate of drug-likeness (QED) is 0.523. The summed E-state index contributed by atoms with van der Waals surface area (Å²) in [5, 5.41) is 3.76. The van der Waals surface area contributed by atoms with Crippen molar-refractivity contribution in [1.82, 2.24) is 0 Å². The van der Waals surface area contributed by atoms with Crippen molar-refractivity contribution in [2.75, 3.05) is 7.11 Å². The van der Waals surface area contributed by atoms with Crippen LogP contribution < -0.4 is 15.3 Å². The Morgan fingerprint density at radius 1 is 1.29 bits per heavy atom. The first-order valence-electron chi connectivity index (χ1n) is 6.12. The molecule has 4 nitrogen and oxygen atoms in total. The lowest BCUT2D eigenvalue weighted by atomic mass is 10.2. The zero-order chi connectivity index (χ0) is 15.2. The molecule has 2 N–H and O–H groups in total. The first-order valence-corrected chi connectivity index (χ1v) is 6.50. The van der Waals surface area contributed by atoms with Crippen LogP contribution in [0, 0.1) is 5.82 Å². The number of hydrazone groups is 1. The zero-order valence-electron chi connectivity index (χ0n) is 11.3. The number of hydrogen-bond acceptors (Lipinski definition) is 4. The summed E-state index contributed by atoms with van der Waals surface area (Å²) < 4.78 is 24.5. The van der Waals surface area contributed by atoms with Crippen LogP contribution in [-0.2, 0) is 6.61 Å². The highest BCUT2D eigenvalue weighted by Gasteiger charge is 2.10. The Balaban J connectivity index is 2.24. The van der Waals surface area contributed by atoms with Crippen molar-refractivity contribution in [1.29, 1.82) is 0 Å². The summed E-state index contributed by atoms with van der Waals surface area (Å²) in [7, 11) is 1.52. The van der Waals surface area contributed by atoms with Gasteiger partial charge < -0.3 is 15.3 Å². The molecular formula is C15H14ClFN2O2. The predicted molar refractivity (Wildman–Crippen MR) is 80.5 cm³/mol. The van der Waals surface area contributed by atoms with Crippen molar-refractivity contribution in [2.45, 2.75) is 6.61 Å². The topological polar surface area (TPSA) is 56.8 Å². The van der Waals surface area contributed by atoms with E-state index in [1.807, 2.05) is 0 Å². The lowest BCUT2D eigenvalue weighted by molar-refractivity contribution is 0.280. The number of halogens is 2. The minimum Gasteiger partial charge on any atom is -0.493 e. The molecule has 0 aliphatic heterocycles. The van der Waals surface area contributed by atoms with Gasteiger partial charge in [0.1, 0.15) is 12.4 Å². The van der Waals surface area contributed by atoms with Crippen LogP contribution in [0.25, 0.3) is 0 Å². The molecule has 21 heavy (non-hydrogen) atoms. The van der Waals surface area contributed by atoms with E-state index in [4.69, 9.17) is 26.9 Å². The maximum Gasteiger partial charge on any atom is 0.162 e. The Labute approximate surface area is 126 Å². The molecule has 0 fully saturated rings. The Hall–Kier alpha value is -2.27. The van der Waals surface area contributed by atoms with Gasteiger partial charge in [-0.1, -0.05) is 17.7 Å². The smallest absolute Gasteiger partial charge is 0.162 e. The van der Waals surface area contributed by atoms with Crippen molar-refractivity contribution in [3.8, 4) is 11.5 Å². The molecule has 0 amide bonds. The first kappa shape index (κ1) is 15.1. The summed E-state index contributed by atoms with van der Waals surface area (Å²) in [5.74, 6) is 5.68. The number of ether oxygens (including phenoxy) is 2. The lowest BCUT2D eigenvalue weighted by Gasteiger charge is -2.12. The van der Waals surface area contributed by atoms with E-state index in [1.165, 1.54) is 19.4 Å². The number of nitrogens with two attached hydrogens (primary N) is 1. The second-order valence-electron chi connectivity index (χ2n) is 4.18. The average Bonchev–Trinajstić information content (AvgIpc) is 2.47. The molecule has 0 aliphatic rings. The van der Waals surface area contributed by atoms with Gasteiger partial charge in [0.2, 0.25) is 0 Å². The van der Waals surface area contributed by atoms with Crippen LogP contribution in [0.2, 0.25) is 5.02 Å². The van der Waals surface area contributed by atoms with Crippen LogP contribution in [0.15, 0.2) is 41.5 Å². The summed E-state index contributed by atoms with van der Waals surface area (Å²) in [6.07, 6.45) is 1.47. The van der Waals surface area contributed by atoms with Crippen LogP contribution in [0.4, 0.5) is 4.39 Å². The number of methoxy groups -OCH3 is 1. The standard InChI is InChI=1S/C15H14ClFN2O2/c1-20-14-6-5-10(8-19-18)7-15(14)21-9-11-12(16)3-2-4-13(11)17/h2-8H,9,18H2,1H3. The van der Waals surface area contributed by atoms with Gasteiger partial charge in [0, 0.05) is 5.56 Å². The minimum absolute atomic E-state index is 0.00884. The van der Waals surface area contributed by atoms with Gasteiger partial charge in [-0.2, -0.15) is 5.10 Å². The third-order valence-corrected chi connectivity index (χ3v) is 3.20. The number of rotatable bonds is 5. The molecule has 0 spiro atoms. The Morgan fingerprint density at radius 2 is 2.10 bits per heavy atom. The van der Waals surface area contributed by atoms with Gasteiger partial charge >= 0.3 is 0 Å². The first-order chi connectivity index (χ1) is 10.2. The van der Waals surface area contributed by atoms with Crippen LogP contribution in [0.5, 0.6) is 11.5 Å². The number of hydrogen-bond donors (Lipinski definition) is 1. The molecule has 0 aliphatic carbocycles.